The number of benzene rings is 1. The lowest BCUT2D eigenvalue weighted by molar-refractivity contribution is 0.0526. The van der Waals surface area contributed by atoms with Crippen LogP contribution in [0.4, 0.5) is 9.80 Å². The highest BCUT2D eigenvalue weighted by Gasteiger charge is 2.29. The van der Waals surface area contributed by atoms with E-state index in [1.165, 1.54) is 17.6 Å². The Balaban J connectivity index is 1.74. The van der Waals surface area contributed by atoms with Crippen molar-refractivity contribution in [3.8, 4) is 0 Å². The molecule has 0 saturated heterocycles. The van der Waals surface area contributed by atoms with E-state index in [0.717, 1.165) is 29.7 Å². The van der Waals surface area contributed by atoms with Gasteiger partial charge in [0, 0.05) is 15.5 Å². The van der Waals surface area contributed by atoms with E-state index in [-0.39, 0.29) is 6.61 Å². The maximum absolute atomic E-state index is 12.5. The van der Waals surface area contributed by atoms with Gasteiger partial charge in [0.25, 0.3) is 0 Å². The number of anilines is 1. The molecular formula is C20H22ClN3O3S. The third-order valence-electron chi connectivity index (χ3n) is 4.49. The van der Waals surface area contributed by atoms with Crippen LogP contribution in [-0.4, -0.2) is 24.8 Å². The number of hydrogen-bond acceptors (Lipinski definition) is 5. The Bertz CT molecular complexity index is 910. The van der Waals surface area contributed by atoms with Crippen LogP contribution in [0.15, 0.2) is 29.4 Å². The van der Waals surface area contributed by atoms with Crippen molar-refractivity contribution in [3.05, 3.63) is 50.9 Å². The Labute approximate surface area is 172 Å². The van der Waals surface area contributed by atoms with E-state index >= 15 is 0 Å². The molecule has 1 aromatic heterocycles. The third-order valence-corrected chi connectivity index (χ3v) is 6.01. The van der Waals surface area contributed by atoms with Crippen molar-refractivity contribution in [1.29, 1.82) is 0 Å². The second-order valence-electron chi connectivity index (χ2n) is 6.62. The number of hydrogen-bond donors (Lipinski definition) is 2. The molecule has 0 bridgehead atoms. The Kier molecular flexibility index (Phi) is 6.70. The van der Waals surface area contributed by atoms with Crippen LogP contribution in [-0.2, 0) is 17.6 Å². The minimum atomic E-state index is -0.527. The smallest absolute Gasteiger partial charge is 0.341 e. The summed E-state index contributed by atoms with van der Waals surface area (Å²) in [6.07, 6.45) is 4.20. The monoisotopic (exact) mass is 419 g/mol. The molecule has 0 radical (unpaired) electrons. The van der Waals surface area contributed by atoms with Crippen molar-refractivity contribution in [2.24, 2.45) is 11.0 Å². The number of thiophene rings is 1. The van der Waals surface area contributed by atoms with E-state index < -0.39 is 12.0 Å². The number of carbonyl (C=O) groups excluding carboxylic acids is 2. The molecule has 1 aromatic carbocycles. The molecule has 1 heterocycles. The summed E-state index contributed by atoms with van der Waals surface area (Å²) in [5.74, 6) is 0.160. The fourth-order valence-electron chi connectivity index (χ4n) is 3.13. The molecule has 1 aliphatic rings. The minimum Gasteiger partial charge on any atom is -0.462 e. The number of amides is 2. The Morgan fingerprint density at radius 2 is 2.18 bits per heavy atom. The molecule has 2 N–H and O–H groups in total. The zero-order chi connectivity index (χ0) is 20.1. The van der Waals surface area contributed by atoms with Crippen LogP contribution in [0.3, 0.4) is 0 Å². The zero-order valence-corrected chi connectivity index (χ0v) is 17.3. The number of nitrogens with one attached hydrogen (secondary N) is 2. The molecule has 1 atom stereocenters. The van der Waals surface area contributed by atoms with E-state index in [1.807, 2.05) is 12.1 Å². The Morgan fingerprint density at radius 1 is 1.39 bits per heavy atom. The number of ether oxygens (including phenoxy) is 1. The van der Waals surface area contributed by atoms with Gasteiger partial charge >= 0.3 is 12.0 Å². The van der Waals surface area contributed by atoms with E-state index in [1.54, 1.807) is 19.1 Å². The predicted octanol–water partition coefficient (Wildman–Crippen LogP) is 4.86. The summed E-state index contributed by atoms with van der Waals surface area (Å²) in [4.78, 5) is 25.9. The summed E-state index contributed by atoms with van der Waals surface area (Å²) in [6.45, 7) is 4.24. The van der Waals surface area contributed by atoms with Crippen LogP contribution in [0.2, 0.25) is 5.02 Å². The quantitative estimate of drug-likeness (QED) is 0.412. The predicted molar refractivity (Wildman–Crippen MR) is 113 cm³/mol. The van der Waals surface area contributed by atoms with Crippen molar-refractivity contribution in [3.63, 3.8) is 0 Å². The number of hydrazone groups is 1. The molecule has 2 aromatic rings. The summed E-state index contributed by atoms with van der Waals surface area (Å²) >= 11 is 7.49. The van der Waals surface area contributed by atoms with Gasteiger partial charge in [-0.3, -0.25) is 5.32 Å². The Hall–Kier alpha value is -2.38. The fourth-order valence-corrected chi connectivity index (χ4v) is 4.71. The minimum absolute atomic E-state index is 0.285. The standard InChI is InChI=1S/C20H22ClN3O3S/c1-3-27-19(25)17-14-9-8-12(2)10-16(14)28-18(17)23-20(26)24-22-11-13-6-4-5-7-15(13)21/h4-7,11-12H,3,8-10H2,1-2H3,(H2,23,24,26)/t12-/m0/s1. The van der Waals surface area contributed by atoms with Crippen LogP contribution >= 0.6 is 22.9 Å². The van der Waals surface area contributed by atoms with E-state index in [2.05, 4.69) is 22.8 Å². The van der Waals surface area contributed by atoms with Crippen LogP contribution in [0, 0.1) is 5.92 Å². The van der Waals surface area contributed by atoms with Crippen molar-refractivity contribution >= 4 is 46.2 Å². The number of rotatable bonds is 5. The Morgan fingerprint density at radius 3 is 2.93 bits per heavy atom. The van der Waals surface area contributed by atoms with Gasteiger partial charge in [0.05, 0.1) is 18.4 Å². The number of nitrogens with zero attached hydrogens (tertiary/aromatic N) is 1. The summed E-state index contributed by atoms with van der Waals surface area (Å²) in [6, 6.07) is 6.65. The number of esters is 1. The van der Waals surface area contributed by atoms with Crippen LogP contribution < -0.4 is 10.7 Å². The number of halogens is 1. The highest BCUT2D eigenvalue weighted by atomic mass is 35.5. The largest absolute Gasteiger partial charge is 0.462 e. The number of carbonyl (C=O) groups is 2. The average Bonchev–Trinajstić information content (AvgIpc) is 3.00. The fraction of sp³-hybridized carbons (Fsp3) is 0.350. The molecule has 0 fully saturated rings. The van der Waals surface area contributed by atoms with Crippen LogP contribution in [0.25, 0.3) is 0 Å². The van der Waals surface area contributed by atoms with Gasteiger partial charge in [-0.15, -0.1) is 11.3 Å². The summed E-state index contributed by atoms with van der Waals surface area (Å²) in [5, 5.41) is 7.71. The maximum Gasteiger partial charge on any atom is 0.341 e. The SMILES string of the molecule is CCOC(=O)c1c(NC(=O)NN=Cc2ccccc2Cl)sc2c1CC[C@H](C)C2. The normalized spacial score (nSPS) is 15.9. The molecule has 2 amide bonds. The molecular weight excluding hydrogens is 398 g/mol. The van der Waals surface area contributed by atoms with Gasteiger partial charge < -0.3 is 4.74 Å². The lowest BCUT2D eigenvalue weighted by atomic mass is 9.88. The van der Waals surface area contributed by atoms with Crippen molar-refractivity contribution in [2.45, 2.75) is 33.1 Å². The molecule has 6 nitrogen and oxygen atoms in total. The van der Waals surface area contributed by atoms with Gasteiger partial charge in [-0.05, 0) is 43.7 Å². The van der Waals surface area contributed by atoms with E-state index in [4.69, 9.17) is 16.3 Å². The van der Waals surface area contributed by atoms with Gasteiger partial charge in [0.15, 0.2) is 0 Å². The second-order valence-corrected chi connectivity index (χ2v) is 8.13. The highest BCUT2D eigenvalue weighted by molar-refractivity contribution is 7.17. The maximum atomic E-state index is 12.5. The van der Waals surface area contributed by atoms with Crippen molar-refractivity contribution in [2.75, 3.05) is 11.9 Å². The van der Waals surface area contributed by atoms with Gasteiger partial charge in [0.2, 0.25) is 0 Å². The number of fused-ring (bicyclic) bond motifs is 1. The molecule has 1 aliphatic carbocycles. The van der Waals surface area contributed by atoms with Crippen LogP contribution in [0.5, 0.6) is 0 Å². The molecule has 0 spiro atoms. The van der Waals surface area contributed by atoms with E-state index in [9.17, 15) is 9.59 Å². The molecule has 3 rings (SSSR count). The zero-order valence-electron chi connectivity index (χ0n) is 15.8. The molecule has 0 saturated carbocycles. The molecule has 28 heavy (non-hydrogen) atoms. The first kappa shape index (κ1) is 20.4. The molecule has 148 valence electrons. The average molecular weight is 420 g/mol. The first-order chi connectivity index (χ1) is 13.5. The van der Waals surface area contributed by atoms with Gasteiger partial charge in [-0.25, -0.2) is 15.0 Å². The lowest BCUT2D eigenvalue weighted by Crippen LogP contribution is -2.25. The topological polar surface area (TPSA) is 79.8 Å². The van der Waals surface area contributed by atoms with Crippen molar-refractivity contribution in [1.82, 2.24) is 5.43 Å². The second kappa shape index (κ2) is 9.21. The first-order valence-corrected chi connectivity index (χ1v) is 10.3. The number of urea groups is 1. The van der Waals surface area contributed by atoms with Gasteiger partial charge in [-0.1, -0.05) is 36.7 Å². The van der Waals surface area contributed by atoms with Gasteiger partial charge in [-0.2, -0.15) is 5.10 Å². The van der Waals surface area contributed by atoms with E-state index in [0.29, 0.717) is 27.1 Å². The molecule has 0 aliphatic heterocycles. The summed E-state index contributed by atoms with van der Waals surface area (Å²) in [7, 11) is 0. The lowest BCUT2D eigenvalue weighted by Gasteiger charge is -2.18. The third kappa shape index (κ3) is 4.72. The molecule has 8 heteroatoms. The van der Waals surface area contributed by atoms with Crippen molar-refractivity contribution < 1.29 is 14.3 Å². The van der Waals surface area contributed by atoms with Gasteiger partial charge in [0.1, 0.15) is 5.00 Å². The molecule has 0 unspecified atom stereocenters. The van der Waals surface area contributed by atoms with Crippen LogP contribution in [0.1, 0.15) is 46.6 Å². The summed E-state index contributed by atoms with van der Waals surface area (Å²) in [5.41, 5.74) is 4.57. The highest BCUT2D eigenvalue weighted by Crippen LogP contribution is 2.40. The first-order valence-electron chi connectivity index (χ1n) is 9.15. The summed E-state index contributed by atoms with van der Waals surface area (Å²) < 4.78 is 5.21.